The van der Waals surface area contributed by atoms with E-state index in [9.17, 15) is 10.1 Å². The molecule has 0 saturated carbocycles. The van der Waals surface area contributed by atoms with Crippen molar-refractivity contribution in [2.45, 2.75) is 57.7 Å². The van der Waals surface area contributed by atoms with Crippen molar-refractivity contribution in [1.82, 2.24) is 24.8 Å². The van der Waals surface area contributed by atoms with E-state index < -0.39 is 11.7 Å². The fourth-order valence-electron chi connectivity index (χ4n) is 4.51. The predicted molar refractivity (Wildman–Crippen MR) is 133 cm³/mol. The molecule has 0 N–H and O–H groups in total. The number of hydrogen-bond donors (Lipinski definition) is 0. The van der Waals surface area contributed by atoms with E-state index in [-0.39, 0.29) is 18.5 Å². The number of ether oxygens (including phenoxy) is 2. The van der Waals surface area contributed by atoms with Crippen molar-refractivity contribution in [3.63, 3.8) is 0 Å². The lowest BCUT2D eigenvalue weighted by atomic mass is 10.1. The van der Waals surface area contributed by atoms with E-state index in [1.54, 1.807) is 11.0 Å². The summed E-state index contributed by atoms with van der Waals surface area (Å²) >= 11 is 6.15. The van der Waals surface area contributed by atoms with Gasteiger partial charge in [-0.15, -0.1) is 0 Å². The van der Waals surface area contributed by atoms with Crippen molar-refractivity contribution >= 4 is 34.5 Å². The molecular weight excluding hydrogens is 470 g/mol. The number of amides is 1. The number of likely N-dealkylation sites (N-methyl/N-ethyl adjacent to an activating group) is 1. The maximum atomic E-state index is 12.8. The van der Waals surface area contributed by atoms with Gasteiger partial charge in [-0.25, -0.2) is 9.78 Å². The van der Waals surface area contributed by atoms with Crippen molar-refractivity contribution in [2.24, 2.45) is 0 Å². The van der Waals surface area contributed by atoms with E-state index >= 15 is 0 Å². The van der Waals surface area contributed by atoms with Crippen LogP contribution >= 0.6 is 11.6 Å². The Morgan fingerprint density at radius 2 is 2.00 bits per heavy atom. The first-order valence-corrected chi connectivity index (χ1v) is 12.3. The van der Waals surface area contributed by atoms with E-state index in [0.29, 0.717) is 48.9 Å². The number of nitrogens with zero attached hydrogens (tertiary/aromatic N) is 7. The number of likely N-dealkylation sites (tertiary alicyclic amines) is 1. The van der Waals surface area contributed by atoms with Crippen LogP contribution in [0.3, 0.4) is 0 Å². The summed E-state index contributed by atoms with van der Waals surface area (Å²) in [5.41, 5.74) is -0.164. The number of halogens is 1. The van der Waals surface area contributed by atoms with Crippen molar-refractivity contribution < 1.29 is 14.3 Å². The van der Waals surface area contributed by atoms with Crippen LogP contribution in [0.25, 0.3) is 11.0 Å². The van der Waals surface area contributed by atoms with E-state index in [1.807, 2.05) is 26.8 Å². The van der Waals surface area contributed by atoms with E-state index in [1.165, 1.54) is 0 Å². The number of pyridine rings is 1. The number of carbonyl (C=O) groups is 1. The molecule has 2 atom stereocenters. The molecule has 0 bridgehead atoms. The highest BCUT2D eigenvalue weighted by atomic mass is 35.5. The molecule has 2 fully saturated rings. The van der Waals surface area contributed by atoms with Crippen LogP contribution in [0.5, 0.6) is 6.01 Å². The third-order valence-corrected chi connectivity index (χ3v) is 6.51. The van der Waals surface area contributed by atoms with Gasteiger partial charge in [-0.2, -0.15) is 15.2 Å². The number of fused-ring (bicyclic) bond motifs is 1. The second-order valence-electron chi connectivity index (χ2n) is 10.1. The first kappa shape index (κ1) is 25.2. The lowest BCUT2D eigenvalue weighted by Gasteiger charge is -2.41. The third-order valence-electron chi connectivity index (χ3n) is 6.30. The summed E-state index contributed by atoms with van der Waals surface area (Å²) in [6, 6.07) is 5.97. The number of rotatable bonds is 5. The van der Waals surface area contributed by atoms with Crippen LogP contribution in [-0.4, -0.2) is 88.4 Å². The molecule has 0 radical (unpaired) electrons. The van der Waals surface area contributed by atoms with Gasteiger partial charge in [0, 0.05) is 25.7 Å². The summed E-state index contributed by atoms with van der Waals surface area (Å²) in [5.74, 6) is 0.653. The zero-order valence-corrected chi connectivity index (χ0v) is 21.5. The Kier molecular flexibility index (Phi) is 7.47. The fourth-order valence-corrected chi connectivity index (χ4v) is 4.65. The molecule has 1 amide bonds. The largest absolute Gasteiger partial charge is 0.462 e. The third kappa shape index (κ3) is 6.03. The SMILES string of the molecule is CN1CCC[C@H]1COc1nc(N2CCN(C(=O)OC(C)(C)C)C(CC#N)C2)c2ccc(Cl)nc2n1. The van der Waals surface area contributed by atoms with E-state index in [0.717, 1.165) is 24.8 Å². The molecule has 0 spiro atoms. The van der Waals surface area contributed by atoms with Crippen molar-refractivity contribution in [3.8, 4) is 12.1 Å². The second-order valence-corrected chi connectivity index (χ2v) is 10.4. The highest BCUT2D eigenvalue weighted by molar-refractivity contribution is 6.29. The molecule has 188 valence electrons. The van der Waals surface area contributed by atoms with Gasteiger partial charge in [0.1, 0.15) is 23.2 Å². The molecule has 4 rings (SSSR count). The quantitative estimate of drug-likeness (QED) is 0.568. The molecule has 2 aliphatic rings. The molecule has 11 heteroatoms. The average Bonchev–Trinajstić information content (AvgIpc) is 3.20. The van der Waals surface area contributed by atoms with Gasteiger partial charge in [0.15, 0.2) is 5.65 Å². The van der Waals surface area contributed by atoms with Crippen LogP contribution in [0.4, 0.5) is 10.6 Å². The first-order chi connectivity index (χ1) is 16.6. The number of carbonyl (C=O) groups excluding carboxylic acids is 1. The fraction of sp³-hybridized carbons (Fsp3) is 0.625. The van der Waals surface area contributed by atoms with Gasteiger partial charge >= 0.3 is 12.1 Å². The molecule has 2 aromatic heterocycles. The molecule has 35 heavy (non-hydrogen) atoms. The molecule has 4 heterocycles. The number of anilines is 1. The van der Waals surface area contributed by atoms with Gasteiger partial charge in [0.05, 0.1) is 23.9 Å². The van der Waals surface area contributed by atoms with E-state index in [2.05, 4.69) is 32.9 Å². The minimum absolute atomic E-state index is 0.181. The summed E-state index contributed by atoms with van der Waals surface area (Å²) in [6.07, 6.45) is 1.99. The Labute approximate surface area is 210 Å². The summed E-state index contributed by atoms with van der Waals surface area (Å²) < 4.78 is 11.6. The zero-order chi connectivity index (χ0) is 25.2. The van der Waals surface area contributed by atoms with Crippen LogP contribution in [0.15, 0.2) is 12.1 Å². The molecule has 2 aliphatic heterocycles. The van der Waals surface area contributed by atoms with Gasteiger partial charge in [-0.05, 0) is 59.3 Å². The highest BCUT2D eigenvalue weighted by Crippen LogP contribution is 2.29. The summed E-state index contributed by atoms with van der Waals surface area (Å²) in [7, 11) is 2.09. The van der Waals surface area contributed by atoms with Crippen LogP contribution in [0.2, 0.25) is 5.15 Å². The predicted octanol–water partition coefficient (Wildman–Crippen LogP) is 3.49. The smallest absolute Gasteiger partial charge is 0.410 e. The molecule has 1 unspecified atom stereocenters. The monoisotopic (exact) mass is 501 g/mol. The first-order valence-electron chi connectivity index (χ1n) is 11.9. The molecule has 10 nitrogen and oxygen atoms in total. The number of hydrogen-bond acceptors (Lipinski definition) is 9. The van der Waals surface area contributed by atoms with Crippen molar-refractivity contribution in [2.75, 3.05) is 44.7 Å². The van der Waals surface area contributed by atoms with E-state index in [4.69, 9.17) is 26.1 Å². The zero-order valence-electron chi connectivity index (χ0n) is 20.7. The molecular formula is C24H32ClN7O3. The normalized spacial score (nSPS) is 21.3. The van der Waals surface area contributed by atoms with Gasteiger partial charge < -0.3 is 24.2 Å². The molecule has 2 saturated heterocycles. The van der Waals surface area contributed by atoms with Gasteiger partial charge in [0.25, 0.3) is 0 Å². The maximum Gasteiger partial charge on any atom is 0.410 e. The Balaban J connectivity index is 1.60. The van der Waals surface area contributed by atoms with Crippen molar-refractivity contribution in [1.29, 1.82) is 5.26 Å². The number of piperazine rings is 1. The standard InChI is InChI=1S/C24H32ClN7O3/c1-24(2,3)35-23(33)32-13-12-31(14-16(32)9-10-26)21-18-7-8-19(25)27-20(18)28-22(29-21)34-15-17-6-5-11-30(17)4/h7-8,16-17H,5-6,9,11-15H2,1-4H3/t16?,17-/m0/s1. The van der Waals surface area contributed by atoms with Crippen LogP contribution < -0.4 is 9.64 Å². The van der Waals surface area contributed by atoms with Gasteiger partial charge in [-0.1, -0.05) is 11.6 Å². The van der Waals surface area contributed by atoms with Crippen LogP contribution in [0.1, 0.15) is 40.0 Å². The Hall–Kier alpha value is -2.90. The Morgan fingerprint density at radius 1 is 1.20 bits per heavy atom. The maximum absolute atomic E-state index is 12.8. The Morgan fingerprint density at radius 3 is 2.69 bits per heavy atom. The second kappa shape index (κ2) is 10.4. The summed E-state index contributed by atoms with van der Waals surface area (Å²) in [6.45, 7) is 8.37. The molecule has 0 aromatic carbocycles. The van der Waals surface area contributed by atoms with Gasteiger partial charge in [-0.3, -0.25) is 0 Å². The van der Waals surface area contributed by atoms with Crippen LogP contribution in [0, 0.1) is 11.3 Å². The molecule has 0 aliphatic carbocycles. The topological polar surface area (TPSA) is 108 Å². The Bertz CT molecular complexity index is 1120. The summed E-state index contributed by atoms with van der Waals surface area (Å²) in [5, 5.41) is 10.5. The summed E-state index contributed by atoms with van der Waals surface area (Å²) in [4.78, 5) is 32.4. The number of aromatic nitrogens is 3. The van der Waals surface area contributed by atoms with Crippen LogP contribution in [-0.2, 0) is 4.74 Å². The lowest BCUT2D eigenvalue weighted by molar-refractivity contribution is 0.0145. The molecule has 2 aromatic rings. The average molecular weight is 502 g/mol. The van der Waals surface area contributed by atoms with Gasteiger partial charge in [0.2, 0.25) is 0 Å². The minimum Gasteiger partial charge on any atom is -0.462 e. The lowest BCUT2D eigenvalue weighted by Crippen LogP contribution is -2.56. The van der Waals surface area contributed by atoms with Crippen molar-refractivity contribution in [3.05, 3.63) is 17.3 Å². The number of nitriles is 1. The highest BCUT2D eigenvalue weighted by Gasteiger charge is 2.34. The minimum atomic E-state index is -0.612.